The van der Waals surface area contributed by atoms with Crippen LogP contribution in [0.2, 0.25) is 0 Å². The summed E-state index contributed by atoms with van der Waals surface area (Å²) in [5, 5.41) is 20.3. The number of β-amino-alcohol motifs (C(OH)–C–C–N with tert-alkyl or cyclic N) is 1. The fourth-order valence-corrected chi connectivity index (χ4v) is 1.91. The second-order valence-electron chi connectivity index (χ2n) is 4.01. The van der Waals surface area contributed by atoms with Gasteiger partial charge in [0.2, 0.25) is 0 Å². The van der Waals surface area contributed by atoms with E-state index in [2.05, 4.69) is 0 Å². The zero-order chi connectivity index (χ0) is 13.3. The highest BCUT2D eigenvalue weighted by atomic mass is 16.6. The normalized spacial score (nSPS) is 15.2. The number of anilines is 1. The van der Waals surface area contributed by atoms with E-state index in [1.165, 1.54) is 20.3 Å². The van der Waals surface area contributed by atoms with Crippen molar-refractivity contribution in [2.45, 2.75) is 6.10 Å². The first-order valence-corrected chi connectivity index (χ1v) is 5.40. The molecule has 0 aromatic heterocycles. The summed E-state index contributed by atoms with van der Waals surface area (Å²) in [6.07, 6.45) is -0.433. The number of benzene rings is 1. The van der Waals surface area contributed by atoms with E-state index in [0.717, 1.165) is 0 Å². The van der Waals surface area contributed by atoms with Gasteiger partial charge in [-0.3, -0.25) is 10.1 Å². The molecule has 0 amide bonds. The summed E-state index contributed by atoms with van der Waals surface area (Å²) >= 11 is 0. The number of nitro groups is 1. The monoisotopic (exact) mass is 254 g/mol. The van der Waals surface area contributed by atoms with Crippen molar-refractivity contribution in [3.63, 3.8) is 0 Å². The molecule has 1 fully saturated rings. The molecule has 7 nitrogen and oxygen atoms in total. The quantitative estimate of drug-likeness (QED) is 0.631. The van der Waals surface area contributed by atoms with E-state index in [9.17, 15) is 15.2 Å². The van der Waals surface area contributed by atoms with Crippen LogP contribution in [0.1, 0.15) is 0 Å². The number of aliphatic hydroxyl groups excluding tert-OH is 1. The van der Waals surface area contributed by atoms with Gasteiger partial charge in [0.05, 0.1) is 31.3 Å². The third kappa shape index (κ3) is 2.04. The first-order chi connectivity index (χ1) is 8.56. The van der Waals surface area contributed by atoms with Crippen LogP contribution in [0.3, 0.4) is 0 Å². The zero-order valence-corrected chi connectivity index (χ0v) is 10.1. The Morgan fingerprint density at radius 1 is 1.33 bits per heavy atom. The van der Waals surface area contributed by atoms with Gasteiger partial charge in [-0.25, -0.2) is 0 Å². The largest absolute Gasteiger partial charge is 0.493 e. The molecule has 0 unspecified atom stereocenters. The Bertz CT molecular complexity index is 471. The lowest BCUT2D eigenvalue weighted by Crippen LogP contribution is -2.51. The Morgan fingerprint density at radius 3 is 2.33 bits per heavy atom. The summed E-state index contributed by atoms with van der Waals surface area (Å²) in [6.45, 7) is 0.770. The lowest BCUT2D eigenvalue weighted by atomic mass is 10.1. The summed E-state index contributed by atoms with van der Waals surface area (Å²) < 4.78 is 10.2. The van der Waals surface area contributed by atoms with Gasteiger partial charge in [-0.15, -0.1) is 0 Å². The first kappa shape index (κ1) is 12.4. The average molecular weight is 254 g/mol. The number of ether oxygens (including phenoxy) is 2. The molecule has 1 aromatic rings. The van der Waals surface area contributed by atoms with Crippen LogP contribution in [0.15, 0.2) is 12.1 Å². The third-order valence-corrected chi connectivity index (χ3v) is 2.88. The summed E-state index contributed by atoms with van der Waals surface area (Å²) in [4.78, 5) is 12.3. The number of rotatable bonds is 4. The lowest BCUT2D eigenvalue weighted by Gasteiger charge is -2.37. The SMILES string of the molecule is COc1cc(N2CC(O)C2)c([N+](=O)[O-])cc1OC. The zero-order valence-electron chi connectivity index (χ0n) is 10.1. The highest BCUT2D eigenvalue weighted by Crippen LogP contribution is 2.40. The lowest BCUT2D eigenvalue weighted by molar-refractivity contribution is -0.384. The third-order valence-electron chi connectivity index (χ3n) is 2.88. The van der Waals surface area contributed by atoms with Crippen molar-refractivity contribution < 1.29 is 19.5 Å². The molecular formula is C11H14N2O5. The Morgan fingerprint density at radius 2 is 1.89 bits per heavy atom. The van der Waals surface area contributed by atoms with Gasteiger partial charge in [-0.2, -0.15) is 0 Å². The predicted octanol–water partition coefficient (Wildman–Crippen LogP) is 0.793. The fraction of sp³-hybridized carbons (Fsp3) is 0.455. The molecule has 1 aliphatic rings. The van der Waals surface area contributed by atoms with Crippen LogP contribution in [0, 0.1) is 10.1 Å². The first-order valence-electron chi connectivity index (χ1n) is 5.40. The minimum absolute atomic E-state index is 0.0560. The van der Waals surface area contributed by atoms with Crippen LogP contribution >= 0.6 is 0 Å². The minimum atomic E-state index is -0.470. The van der Waals surface area contributed by atoms with Crippen molar-refractivity contribution in [3.05, 3.63) is 22.2 Å². The topological polar surface area (TPSA) is 85.1 Å². The molecule has 0 saturated carbocycles. The molecular weight excluding hydrogens is 240 g/mol. The molecule has 7 heteroatoms. The maximum absolute atomic E-state index is 11.0. The number of hydrogen-bond donors (Lipinski definition) is 1. The van der Waals surface area contributed by atoms with Crippen molar-refractivity contribution in [2.24, 2.45) is 0 Å². The number of methoxy groups -OCH3 is 2. The van der Waals surface area contributed by atoms with E-state index in [-0.39, 0.29) is 5.69 Å². The van der Waals surface area contributed by atoms with Crippen molar-refractivity contribution in [1.82, 2.24) is 0 Å². The van der Waals surface area contributed by atoms with Gasteiger partial charge >= 0.3 is 0 Å². The molecule has 98 valence electrons. The van der Waals surface area contributed by atoms with Crippen LogP contribution in [0.25, 0.3) is 0 Å². The fourth-order valence-electron chi connectivity index (χ4n) is 1.91. The molecule has 2 rings (SSSR count). The van der Waals surface area contributed by atoms with Crippen molar-refractivity contribution in [3.8, 4) is 11.5 Å². The van der Waals surface area contributed by atoms with E-state index in [4.69, 9.17) is 9.47 Å². The second-order valence-corrected chi connectivity index (χ2v) is 4.01. The molecule has 1 heterocycles. The average Bonchev–Trinajstić information content (AvgIpc) is 2.33. The Labute approximate surface area is 104 Å². The Hall–Kier alpha value is -2.02. The van der Waals surface area contributed by atoms with Gasteiger partial charge < -0.3 is 19.5 Å². The van der Waals surface area contributed by atoms with Gasteiger partial charge in [0.25, 0.3) is 5.69 Å². The second kappa shape index (κ2) is 4.69. The Balaban J connectivity index is 2.45. The smallest absolute Gasteiger partial charge is 0.296 e. The highest BCUT2D eigenvalue weighted by molar-refractivity contribution is 5.70. The summed E-state index contributed by atoms with van der Waals surface area (Å²) in [6, 6.07) is 2.89. The van der Waals surface area contributed by atoms with E-state index >= 15 is 0 Å². The molecule has 0 aliphatic carbocycles. The van der Waals surface area contributed by atoms with Crippen molar-refractivity contribution >= 4 is 11.4 Å². The molecule has 1 saturated heterocycles. The molecule has 18 heavy (non-hydrogen) atoms. The van der Waals surface area contributed by atoms with Crippen molar-refractivity contribution in [1.29, 1.82) is 0 Å². The maximum Gasteiger partial charge on any atom is 0.296 e. The van der Waals surface area contributed by atoms with E-state index < -0.39 is 11.0 Å². The minimum Gasteiger partial charge on any atom is -0.493 e. The van der Waals surface area contributed by atoms with Crippen LogP contribution in [0.4, 0.5) is 11.4 Å². The Kier molecular flexibility index (Phi) is 3.24. The molecule has 0 atom stereocenters. The van der Waals surface area contributed by atoms with Gasteiger partial charge in [0.1, 0.15) is 5.69 Å². The summed E-state index contributed by atoms with van der Waals surface area (Å²) in [7, 11) is 2.90. The van der Waals surface area contributed by atoms with Crippen LogP contribution < -0.4 is 14.4 Å². The van der Waals surface area contributed by atoms with Gasteiger partial charge in [-0.05, 0) is 0 Å². The summed E-state index contributed by atoms with van der Waals surface area (Å²) in [5.41, 5.74) is 0.377. The number of nitro benzene ring substituents is 1. The number of nitrogens with zero attached hydrogens (tertiary/aromatic N) is 2. The molecule has 1 aromatic carbocycles. The van der Waals surface area contributed by atoms with Crippen molar-refractivity contribution in [2.75, 3.05) is 32.2 Å². The predicted molar refractivity (Wildman–Crippen MR) is 64.4 cm³/mol. The standard InChI is InChI=1S/C11H14N2O5/c1-17-10-3-8(12-5-7(14)6-12)9(13(15)16)4-11(10)18-2/h3-4,7,14H,5-6H2,1-2H3. The van der Waals surface area contributed by atoms with Crippen LogP contribution in [-0.4, -0.2) is 43.4 Å². The van der Waals surface area contributed by atoms with Gasteiger partial charge in [-0.1, -0.05) is 0 Å². The number of hydrogen-bond acceptors (Lipinski definition) is 6. The van der Waals surface area contributed by atoms with E-state index in [1.807, 2.05) is 0 Å². The van der Waals surface area contributed by atoms with Crippen LogP contribution in [0.5, 0.6) is 11.5 Å². The van der Waals surface area contributed by atoms with Crippen LogP contribution in [-0.2, 0) is 0 Å². The molecule has 0 bridgehead atoms. The number of aliphatic hydroxyl groups is 1. The molecule has 1 aliphatic heterocycles. The molecule has 0 radical (unpaired) electrons. The van der Waals surface area contributed by atoms with Gasteiger partial charge in [0, 0.05) is 19.2 Å². The molecule has 0 spiro atoms. The van der Waals surface area contributed by atoms with Gasteiger partial charge in [0.15, 0.2) is 11.5 Å². The maximum atomic E-state index is 11.0. The highest BCUT2D eigenvalue weighted by Gasteiger charge is 2.31. The summed E-state index contributed by atoms with van der Waals surface area (Å²) in [5.74, 6) is 0.744. The molecule has 1 N–H and O–H groups in total. The van der Waals surface area contributed by atoms with E-state index in [1.54, 1.807) is 11.0 Å². The van der Waals surface area contributed by atoms with E-state index in [0.29, 0.717) is 30.3 Å².